The Balaban J connectivity index is 1.58. The number of pyridine rings is 2. The van der Waals surface area contributed by atoms with Gasteiger partial charge in [0.05, 0.1) is 11.1 Å². The third-order valence-electron chi connectivity index (χ3n) is 8.25. The number of amides is 2. The summed E-state index contributed by atoms with van der Waals surface area (Å²) in [6.45, 7) is 8.03. The zero-order valence-corrected chi connectivity index (χ0v) is 27.4. The van der Waals surface area contributed by atoms with E-state index in [2.05, 4.69) is 23.0 Å². The first-order valence-electron chi connectivity index (χ1n) is 16.9. The first-order chi connectivity index (χ1) is 20.5. The summed E-state index contributed by atoms with van der Waals surface area (Å²) >= 11 is 0. The van der Waals surface area contributed by atoms with E-state index in [4.69, 9.17) is 0 Å². The number of unbranched alkanes of at least 4 members (excludes halogenated alkanes) is 13. The first kappa shape index (κ1) is 35.4. The predicted molar refractivity (Wildman–Crippen MR) is 172 cm³/mol. The monoisotopic (exact) mass is 580 g/mol. The Kier molecular flexibility index (Phi) is 18.5. The van der Waals surface area contributed by atoms with Crippen LogP contribution in [-0.4, -0.2) is 48.8 Å². The van der Waals surface area contributed by atoms with E-state index in [1.807, 2.05) is 72.9 Å². The van der Waals surface area contributed by atoms with Crippen molar-refractivity contribution in [2.45, 2.75) is 130 Å². The topological polar surface area (TPSA) is 48.4 Å². The van der Waals surface area contributed by atoms with Crippen LogP contribution in [0.5, 0.6) is 0 Å². The van der Waals surface area contributed by atoms with Crippen LogP contribution < -0.4 is 9.13 Å². The molecular formula is C36H60N4O2+2. The highest BCUT2D eigenvalue weighted by Gasteiger charge is 2.15. The Morgan fingerprint density at radius 3 is 1.17 bits per heavy atom. The molecule has 234 valence electrons. The molecule has 2 heterocycles. The Bertz CT molecular complexity index is 909. The van der Waals surface area contributed by atoms with Gasteiger partial charge in [0, 0.05) is 64.3 Å². The summed E-state index contributed by atoms with van der Waals surface area (Å²) < 4.78 is 4.37. The van der Waals surface area contributed by atoms with Crippen LogP contribution in [0, 0.1) is 0 Å². The lowest BCUT2D eigenvalue weighted by molar-refractivity contribution is -0.697. The number of aromatic nitrogens is 2. The number of carbonyl (C=O) groups is 2. The van der Waals surface area contributed by atoms with Gasteiger partial charge in [-0.2, -0.15) is 0 Å². The lowest BCUT2D eigenvalue weighted by Crippen LogP contribution is -2.34. The minimum atomic E-state index is 0.0863. The Labute approximate surface area is 257 Å². The van der Waals surface area contributed by atoms with Gasteiger partial charge in [-0.3, -0.25) is 9.59 Å². The van der Waals surface area contributed by atoms with E-state index >= 15 is 0 Å². The molecule has 0 saturated carbocycles. The second kappa shape index (κ2) is 21.9. The van der Waals surface area contributed by atoms with Crippen LogP contribution in [0.1, 0.15) is 137 Å². The molecule has 42 heavy (non-hydrogen) atoms. The van der Waals surface area contributed by atoms with Crippen LogP contribution in [-0.2, 0) is 13.1 Å². The van der Waals surface area contributed by atoms with Crippen molar-refractivity contribution >= 4 is 11.8 Å². The molecule has 2 aromatic heterocycles. The van der Waals surface area contributed by atoms with Crippen molar-refractivity contribution < 1.29 is 18.7 Å². The molecule has 2 amide bonds. The van der Waals surface area contributed by atoms with Crippen molar-refractivity contribution in [3.05, 3.63) is 60.2 Å². The largest absolute Gasteiger partial charge is 0.342 e. The van der Waals surface area contributed by atoms with Crippen LogP contribution in [0.25, 0.3) is 0 Å². The normalized spacial score (nSPS) is 11.0. The number of carbonyl (C=O) groups excluding carboxylic acids is 2. The molecule has 0 aliphatic carbocycles. The molecular weight excluding hydrogens is 520 g/mol. The fraction of sp³-hybridized carbons (Fsp3) is 0.667. The van der Waals surface area contributed by atoms with E-state index in [1.165, 1.54) is 77.0 Å². The highest BCUT2D eigenvalue weighted by molar-refractivity contribution is 5.94. The number of hydrogen-bond donors (Lipinski definition) is 0. The third kappa shape index (κ3) is 14.4. The Morgan fingerprint density at radius 1 is 0.500 bits per heavy atom. The molecule has 0 unspecified atom stereocenters. The number of nitrogens with zero attached hydrogens (tertiary/aromatic N) is 4. The number of aryl methyl sites for hydroxylation is 2. The van der Waals surface area contributed by atoms with Crippen molar-refractivity contribution in [1.29, 1.82) is 0 Å². The minimum Gasteiger partial charge on any atom is -0.342 e. The first-order valence-corrected chi connectivity index (χ1v) is 16.9. The Hall–Kier alpha value is -2.76. The molecule has 0 atom stereocenters. The summed E-state index contributed by atoms with van der Waals surface area (Å²) in [4.78, 5) is 29.3. The SMILES string of the molecule is CCCCCCCC[n+]1ccc(C(=O)N(C)CCCCCCN(C)C(=O)c2cc[n+](CCCCCCCC)cc2)cc1. The van der Waals surface area contributed by atoms with E-state index in [-0.39, 0.29) is 11.8 Å². The van der Waals surface area contributed by atoms with Gasteiger partial charge in [0.2, 0.25) is 0 Å². The average molecular weight is 581 g/mol. The minimum absolute atomic E-state index is 0.0863. The van der Waals surface area contributed by atoms with E-state index in [1.54, 1.807) is 0 Å². The maximum Gasteiger partial charge on any atom is 0.254 e. The lowest BCUT2D eigenvalue weighted by atomic mass is 10.1. The van der Waals surface area contributed by atoms with E-state index in [0.717, 1.165) is 63.0 Å². The maximum atomic E-state index is 12.8. The van der Waals surface area contributed by atoms with Crippen molar-refractivity contribution in [3.8, 4) is 0 Å². The second-order valence-electron chi connectivity index (χ2n) is 12.1. The van der Waals surface area contributed by atoms with E-state index in [9.17, 15) is 9.59 Å². The van der Waals surface area contributed by atoms with Gasteiger partial charge in [-0.1, -0.05) is 78.1 Å². The van der Waals surface area contributed by atoms with Gasteiger partial charge in [-0.15, -0.1) is 0 Å². The molecule has 0 radical (unpaired) electrons. The molecule has 0 N–H and O–H groups in total. The van der Waals surface area contributed by atoms with Crippen molar-refractivity contribution in [3.63, 3.8) is 0 Å². The molecule has 6 heteroatoms. The summed E-state index contributed by atoms with van der Waals surface area (Å²) in [5.74, 6) is 0.173. The van der Waals surface area contributed by atoms with Crippen LogP contribution in [0.15, 0.2) is 49.1 Å². The quantitative estimate of drug-likeness (QED) is 0.102. The predicted octanol–water partition coefficient (Wildman–Crippen LogP) is 7.39. The van der Waals surface area contributed by atoms with Gasteiger partial charge in [-0.05, 0) is 25.7 Å². The molecule has 0 aliphatic rings. The third-order valence-corrected chi connectivity index (χ3v) is 8.25. The maximum absolute atomic E-state index is 12.8. The average Bonchev–Trinajstić information content (AvgIpc) is 3.02. The fourth-order valence-corrected chi connectivity index (χ4v) is 5.34. The van der Waals surface area contributed by atoms with Crippen molar-refractivity contribution in [2.75, 3.05) is 27.2 Å². The van der Waals surface area contributed by atoms with Gasteiger partial charge in [0.25, 0.3) is 11.8 Å². The molecule has 0 fully saturated rings. The number of hydrogen-bond acceptors (Lipinski definition) is 2. The Morgan fingerprint density at radius 2 is 0.810 bits per heavy atom. The zero-order valence-electron chi connectivity index (χ0n) is 27.4. The summed E-state index contributed by atoms with van der Waals surface area (Å²) in [6, 6.07) is 7.80. The standard InChI is InChI=1S/C36H60N4O2/c1-5-7-9-11-13-19-27-39-29-21-33(22-30-39)35(41)37(3)25-17-15-16-18-26-38(4)36(42)34-23-31-40(32-24-34)28-20-14-12-10-8-6-2/h21-24,29-32H,5-20,25-28H2,1-4H3/q+2. The van der Waals surface area contributed by atoms with Crippen molar-refractivity contribution in [1.82, 2.24) is 9.80 Å². The van der Waals surface area contributed by atoms with Gasteiger partial charge >= 0.3 is 0 Å². The molecule has 0 saturated heterocycles. The second-order valence-corrected chi connectivity index (χ2v) is 12.1. The molecule has 0 aromatic carbocycles. The molecule has 6 nitrogen and oxygen atoms in total. The molecule has 0 spiro atoms. The molecule has 0 aliphatic heterocycles. The highest BCUT2D eigenvalue weighted by atomic mass is 16.2. The van der Waals surface area contributed by atoms with Crippen LogP contribution in [0.2, 0.25) is 0 Å². The summed E-state index contributed by atoms with van der Waals surface area (Å²) in [5.41, 5.74) is 1.51. The zero-order chi connectivity index (χ0) is 30.4. The van der Waals surface area contributed by atoms with Gasteiger partial charge in [0.15, 0.2) is 24.8 Å². The molecule has 2 rings (SSSR count). The summed E-state index contributed by atoms with van der Waals surface area (Å²) in [7, 11) is 3.78. The van der Waals surface area contributed by atoms with Crippen molar-refractivity contribution in [2.24, 2.45) is 0 Å². The van der Waals surface area contributed by atoms with Crippen LogP contribution in [0.4, 0.5) is 0 Å². The van der Waals surface area contributed by atoms with E-state index in [0.29, 0.717) is 0 Å². The van der Waals surface area contributed by atoms with Gasteiger partial charge in [-0.25, -0.2) is 9.13 Å². The fourth-order valence-electron chi connectivity index (χ4n) is 5.34. The van der Waals surface area contributed by atoms with Crippen LogP contribution >= 0.6 is 0 Å². The van der Waals surface area contributed by atoms with Crippen LogP contribution in [0.3, 0.4) is 0 Å². The van der Waals surface area contributed by atoms with Gasteiger partial charge in [0.1, 0.15) is 13.1 Å². The lowest BCUT2D eigenvalue weighted by Gasteiger charge is -2.18. The summed E-state index contributed by atoms with van der Waals surface area (Å²) in [5, 5.41) is 0. The highest BCUT2D eigenvalue weighted by Crippen LogP contribution is 2.09. The molecule has 0 bridgehead atoms. The summed E-state index contributed by atoms with van der Waals surface area (Å²) in [6.07, 6.45) is 27.7. The van der Waals surface area contributed by atoms with E-state index < -0.39 is 0 Å². The van der Waals surface area contributed by atoms with Gasteiger partial charge < -0.3 is 9.80 Å². The number of rotatable bonds is 23. The smallest absolute Gasteiger partial charge is 0.254 e. The molecule has 2 aromatic rings.